The molecule has 0 bridgehead atoms. The number of nitrogens with zero attached hydrogens (tertiary/aromatic N) is 1. The van der Waals surface area contributed by atoms with Crippen molar-refractivity contribution in [3.8, 4) is 0 Å². The molecule has 0 amide bonds. The van der Waals surface area contributed by atoms with Gasteiger partial charge in [0.25, 0.3) is 0 Å². The zero-order valence-corrected chi connectivity index (χ0v) is 11.3. The van der Waals surface area contributed by atoms with Crippen molar-refractivity contribution in [1.82, 2.24) is 5.32 Å². The Morgan fingerprint density at radius 2 is 2.00 bits per heavy atom. The molecule has 102 valence electrons. The lowest BCUT2D eigenvalue weighted by Crippen LogP contribution is -2.16. The first-order chi connectivity index (χ1) is 9.19. The molecule has 0 fully saturated rings. The molecule has 1 heterocycles. The van der Waals surface area contributed by atoms with Gasteiger partial charge in [0.15, 0.2) is 0 Å². The van der Waals surface area contributed by atoms with Gasteiger partial charge in [0.2, 0.25) is 0 Å². The van der Waals surface area contributed by atoms with Crippen molar-refractivity contribution in [2.24, 2.45) is 0 Å². The van der Waals surface area contributed by atoms with Crippen molar-refractivity contribution >= 4 is 5.69 Å². The maximum absolute atomic E-state index is 13.2. The number of rotatable bonds is 6. The minimum Gasteiger partial charge on any atom is -0.463 e. The Morgan fingerprint density at radius 1 is 1.21 bits per heavy atom. The minimum atomic E-state index is -0.225. The number of anilines is 1. The Labute approximate surface area is 113 Å². The van der Waals surface area contributed by atoms with Crippen LogP contribution in [0.5, 0.6) is 0 Å². The average Bonchev–Trinajstić information content (AvgIpc) is 2.84. The maximum Gasteiger partial charge on any atom is 0.125 e. The van der Waals surface area contributed by atoms with Crippen molar-refractivity contribution in [1.29, 1.82) is 0 Å². The van der Waals surface area contributed by atoms with Crippen LogP contribution in [0.3, 0.4) is 0 Å². The van der Waals surface area contributed by atoms with E-state index in [1.54, 1.807) is 6.07 Å². The first-order valence-corrected chi connectivity index (χ1v) is 6.44. The molecule has 1 N–H and O–H groups in total. The normalized spacial score (nSPS) is 10.7. The Bertz CT molecular complexity index is 524. The van der Waals surface area contributed by atoms with Gasteiger partial charge < -0.3 is 14.6 Å². The molecule has 0 aliphatic heterocycles. The fourth-order valence-corrected chi connectivity index (χ4v) is 1.89. The van der Waals surface area contributed by atoms with Crippen LogP contribution in [0.15, 0.2) is 40.8 Å². The van der Waals surface area contributed by atoms with Gasteiger partial charge in [0.1, 0.15) is 17.3 Å². The van der Waals surface area contributed by atoms with Gasteiger partial charge >= 0.3 is 0 Å². The summed E-state index contributed by atoms with van der Waals surface area (Å²) < 4.78 is 18.9. The van der Waals surface area contributed by atoms with Crippen LogP contribution in [0.1, 0.15) is 18.4 Å². The first-order valence-electron chi connectivity index (χ1n) is 6.44. The summed E-state index contributed by atoms with van der Waals surface area (Å²) in [6.45, 7) is 4.33. The summed E-state index contributed by atoms with van der Waals surface area (Å²) in [5.41, 5.74) is 0.838. The lowest BCUT2D eigenvalue weighted by Gasteiger charge is -2.17. The highest BCUT2D eigenvalue weighted by Gasteiger charge is 2.07. The molecule has 1 aromatic heterocycles. The van der Waals surface area contributed by atoms with Crippen LogP contribution < -0.4 is 10.2 Å². The van der Waals surface area contributed by atoms with E-state index in [1.807, 2.05) is 30.1 Å². The van der Waals surface area contributed by atoms with Crippen LogP contribution in [-0.2, 0) is 13.1 Å². The lowest BCUT2D eigenvalue weighted by atomic mass is 10.3. The molecule has 4 heteroatoms. The highest BCUT2D eigenvalue weighted by Crippen LogP contribution is 2.17. The number of hydrogen-bond acceptors (Lipinski definition) is 3. The summed E-state index contributed by atoms with van der Waals surface area (Å²) >= 11 is 0. The fraction of sp³-hybridized carbons (Fsp3) is 0.333. The van der Waals surface area contributed by atoms with E-state index in [2.05, 4.69) is 12.2 Å². The quantitative estimate of drug-likeness (QED) is 0.866. The summed E-state index contributed by atoms with van der Waals surface area (Å²) in [5, 5.41) is 3.21. The number of nitrogens with one attached hydrogen (secondary N) is 1. The first kappa shape index (κ1) is 13.6. The van der Waals surface area contributed by atoms with Crippen LogP contribution in [0.2, 0.25) is 0 Å². The monoisotopic (exact) mass is 262 g/mol. The average molecular weight is 262 g/mol. The number of furan rings is 1. The molecule has 2 aromatic rings. The van der Waals surface area contributed by atoms with Crippen molar-refractivity contribution < 1.29 is 8.81 Å². The van der Waals surface area contributed by atoms with Crippen molar-refractivity contribution in [3.63, 3.8) is 0 Å². The van der Waals surface area contributed by atoms with Gasteiger partial charge in [-0.3, -0.25) is 0 Å². The molecule has 0 aliphatic carbocycles. The smallest absolute Gasteiger partial charge is 0.125 e. The Hall–Kier alpha value is -1.81. The van der Waals surface area contributed by atoms with Gasteiger partial charge in [-0.2, -0.15) is 0 Å². The van der Waals surface area contributed by atoms with E-state index in [4.69, 9.17) is 4.42 Å². The molecule has 1 aromatic carbocycles. The molecular weight excluding hydrogens is 243 g/mol. The third-order valence-corrected chi connectivity index (χ3v) is 2.91. The Morgan fingerprint density at radius 3 is 2.74 bits per heavy atom. The molecule has 2 rings (SSSR count). The third-order valence-electron chi connectivity index (χ3n) is 2.91. The number of benzene rings is 1. The highest BCUT2D eigenvalue weighted by atomic mass is 19.1. The maximum atomic E-state index is 13.2. The standard InChI is InChI=1S/C15H19FN2O/c1-3-17-10-14-7-8-15(19-14)11-18(2)13-6-4-5-12(16)9-13/h4-9,17H,3,10-11H2,1-2H3. The number of hydrogen-bond donors (Lipinski definition) is 1. The largest absolute Gasteiger partial charge is 0.463 e. The van der Waals surface area contributed by atoms with Crippen LogP contribution in [0, 0.1) is 5.82 Å². The SMILES string of the molecule is CCNCc1ccc(CN(C)c2cccc(F)c2)o1. The second-order valence-electron chi connectivity index (χ2n) is 4.48. The van der Waals surface area contributed by atoms with E-state index in [-0.39, 0.29) is 5.82 Å². The van der Waals surface area contributed by atoms with Gasteiger partial charge in [-0.05, 0) is 36.9 Å². The predicted molar refractivity (Wildman–Crippen MR) is 74.6 cm³/mol. The zero-order chi connectivity index (χ0) is 13.7. The van der Waals surface area contributed by atoms with Crippen LogP contribution in [-0.4, -0.2) is 13.6 Å². The van der Waals surface area contributed by atoms with Crippen LogP contribution in [0.4, 0.5) is 10.1 Å². The van der Waals surface area contributed by atoms with E-state index in [1.165, 1.54) is 12.1 Å². The summed E-state index contributed by atoms with van der Waals surface area (Å²) in [6, 6.07) is 10.5. The summed E-state index contributed by atoms with van der Waals surface area (Å²) in [7, 11) is 1.92. The van der Waals surface area contributed by atoms with Gasteiger partial charge in [0.05, 0.1) is 13.1 Å². The van der Waals surface area contributed by atoms with E-state index >= 15 is 0 Å². The summed E-state index contributed by atoms with van der Waals surface area (Å²) in [4.78, 5) is 1.96. The lowest BCUT2D eigenvalue weighted by molar-refractivity contribution is 0.448. The minimum absolute atomic E-state index is 0.225. The van der Waals surface area contributed by atoms with Crippen molar-refractivity contribution in [3.05, 3.63) is 53.7 Å². The fourth-order valence-electron chi connectivity index (χ4n) is 1.89. The van der Waals surface area contributed by atoms with E-state index in [0.29, 0.717) is 6.54 Å². The Kier molecular flexibility index (Phi) is 4.58. The molecule has 0 unspecified atom stereocenters. The van der Waals surface area contributed by atoms with Gasteiger partial charge in [-0.15, -0.1) is 0 Å². The second kappa shape index (κ2) is 6.38. The van der Waals surface area contributed by atoms with Gasteiger partial charge in [0, 0.05) is 12.7 Å². The molecule has 0 radical (unpaired) electrons. The van der Waals surface area contributed by atoms with Gasteiger partial charge in [-0.1, -0.05) is 13.0 Å². The molecule has 3 nitrogen and oxygen atoms in total. The summed E-state index contributed by atoms with van der Waals surface area (Å²) in [5.74, 6) is 1.57. The van der Waals surface area contributed by atoms with E-state index in [9.17, 15) is 4.39 Å². The molecule has 0 spiro atoms. The Balaban J connectivity index is 1.98. The van der Waals surface area contributed by atoms with E-state index in [0.717, 1.165) is 30.3 Å². The molecule has 19 heavy (non-hydrogen) atoms. The molecule has 0 aliphatic rings. The molecule has 0 saturated heterocycles. The van der Waals surface area contributed by atoms with Crippen molar-refractivity contribution in [2.75, 3.05) is 18.5 Å². The molecule has 0 atom stereocenters. The number of halogens is 1. The van der Waals surface area contributed by atoms with Crippen LogP contribution >= 0.6 is 0 Å². The highest BCUT2D eigenvalue weighted by molar-refractivity contribution is 5.45. The topological polar surface area (TPSA) is 28.4 Å². The van der Waals surface area contributed by atoms with Gasteiger partial charge in [-0.25, -0.2) is 4.39 Å². The molecular formula is C15H19FN2O. The summed E-state index contributed by atoms with van der Waals surface area (Å²) in [6.07, 6.45) is 0. The predicted octanol–water partition coefficient (Wildman–Crippen LogP) is 3.16. The molecule has 0 saturated carbocycles. The zero-order valence-electron chi connectivity index (χ0n) is 11.3. The second-order valence-corrected chi connectivity index (χ2v) is 4.48. The van der Waals surface area contributed by atoms with Crippen LogP contribution in [0.25, 0.3) is 0 Å². The van der Waals surface area contributed by atoms with E-state index < -0.39 is 0 Å². The van der Waals surface area contributed by atoms with Crippen molar-refractivity contribution in [2.45, 2.75) is 20.0 Å². The third kappa shape index (κ3) is 3.83.